The topological polar surface area (TPSA) is 164 Å². The predicted molar refractivity (Wildman–Crippen MR) is 52.6 cm³/mol. The van der Waals surface area contributed by atoms with Crippen molar-refractivity contribution < 1.29 is 27.9 Å². The average molecular weight is 265 g/mol. The van der Waals surface area contributed by atoms with E-state index in [-0.39, 0.29) is 0 Å². The van der Waals surface area contributed by atoms with Crippen LogP contribution >= 0.6 is 0 Å². The first-order valence-electron chi connectivity index (χ1n) is 3.80. The van der Waals surface area contributed by atoms with E-state index in [0.717, 1.165) is 0 Å². The van der Waals surface area contributed by atoms with Gasteiger partial charge in [-0.2, -0.15) is 8.42 Å². The van der Waals surface area contributed by atoms with E-state index in [1.54, 1.807) is 0 Å². The zero-order chi connectivity index (χ0) is 13.4. The molecule has 11 heteroatoms. The Labute approximate surface area is 93.2 Å². The molecule has 0 radical (unpaired) electrons. The van der Waals surface area contributed by atoms with E-state index in [1.165, 1.54) is 0 Å². The van der Waals surface area contributed by atoms with Crippen molar-refractivity contribution in [1.29, 1.82) is 0 Å². The van der Waals surface area contributed by atoms with Crippen molar-refractivity contribution in [2.45, 2.75) is 4.90 Å². The van der Waals surface area contributed by atoms with Crippen molar-refractivity contribution in [1.82, 2.24) is 0 Å². The molecule has 0 unspecified atom stereocenters. The fourth-order valence-corrected chi connectivity index (χ4v) is 1.60. The average Bonchev–Trinajstić information content (AvgIpc) is 2.13. The second kappa shape index (κ2) is 3.95. The molecule has 0 bridgehead atoms. The minimum absolute atomic E-state index is 0.325. The lowest BCUT2D eigenvalue weighted by atomic mass is 10.2. The van der Waals surface area contributed by atoms with Crippen LogP contribution in [0.15, 0.2) is 17.0 Å². The molecule has 0 atom stereocenters. The van der Waals surface area contributed by atoms with Gasteiger partial charge in [-0.3, -0.25) is 24.8 Å². The molecule has 0 spiro atoms. The summed E-state index contributed by atoms with van der Waals surface area (Å²) < 4.78 is 30.1. The van der Waals surface area contributed by atoms with Crippen molar-refractivity contribution in [3.63, 3.8) is 0 Å². The molecule has 17 heavy (non-hydrogen) atoms. The van der Waals surface area contributed by atoms with Crippen molar-refractivity contribution >= 4 is 21.5 Å². The Balaban J connectivity index is 3.70. The first-order valence-corrected chi connectivity index (χ1v) is 5.24. The number of hydrogen-bond acceptors (Lipinski definition) is 6. The predicted octanol–water partition coefficient (Wildman–Crippen LogP) is 0.188. The number of hydrogen-bond donors (Lipinski definition) is 1. The zero-order valence-electron chi connectivity index (χ0n) is 7.85. The van der Waals surface area contributed by atoms with Crippen LogP contribution in [0.4, 0.5) is 11.4 Å². The van der Waals surface area contributed by atoms with Gasteiger partial charge >= 0.3 is 17.1 Å². The number of benzene rings is 1. The first kappa shape index (κ1) is 12.8. The Morgan fingerprint density at radius 3 is 2.06 bits per heavy atom. The molecule has 0 aliphatic carbocycles. The van der Waals surface area contributed by atoms with Gasteiger partial charge in [0.2, 0.25) is 0 Å². The Kier molecular flexibility index (Phi) is 2.97. The Morgan fingerprint density at radius 2 is 1.71 bits per heavy atom. The third-order valence-corrected chi connectivity index (χ3v) is 2.57. The van der Waals surface area contributed by atoms with E-state index in [9.17, 15) is 28.6 Å². The highest BCUT2D eigenvalue weighted by molar-refractivity contribution is 7.85. The molecule has 92 valence electrons. The lowest BCUT2D eigenvalue weighted by Gasteiger charge is -1.98. The van der Waals surface area contributed by atoms with E-state index in [1.807, 2.05) is 0 Å². The van der Waals surface area contributed by atoms with Crippen molar-refractivity contribution in [2.75, 3.05) is 0 Å². The highest BCUT2D eigenvalue weighted by Gasteiger charge is 2.35. The molecule has 0 aromatic heterocycles. The first-order chi connectivity index (χ1) is 7.64. The molecule has 0 amide bonds. The molecule has 10 nitrogen and oxygen atoms in total. The zero-order valence-corrected chi connectivity index (χ0v) is 8.67. The van der Waals surface area contributed by atoms with Crippen LogP contribution in [0.5, 0.6) is 5.75 Å². The summed E-state index contributed by atoms with van der Waals surface area (Å²) in [5, 5.41) is 28.1. The Bertz CT molecular complexity index is 607. The van der Waals surface area contributed by atoms with Gasteiger partial charge in [-0.15, -0.1) is 0 Å². The van der Waals surface area contributed by atoms with E-state index in [4.69, 9.17) is 9.66 Å². The van der Waals surface area contributed by atoms with Crippen LogP contribution in [0, 0.1) is 20.2 Å². The smallest absolute Gasteiger partial charge is 0.439 e. The summed E-state index contributed by atoms with van der Waals surface area (Å²) in [4.78, 5) is 17.7. The summed E-state index contributed by atoms with van der Waals surface area (Å²) in [6, 6.07) is 0.784. The molecule has 0 heterocycles. The normalized spacial score (nSPS) is 11.1. The molecule has 0 fully saturated rings. The van der Waals surface area contributed by atoms with Gasteiger partial charge in [0.25, 0.3) is 10.1 Å². The second-order valence-corrected chi connectivity index (χ2v) is 4.25. The van der Waals surface area contributed by atoms with Gasteiger partial charge in [-0.05, 0) is 0 Å². The summed E-state index contributed by atoms with van der Waals surface area (Å²) in [5.74, 6) is -0.975. The Morgan fingerprint density at radius 1 is 1.18 bits per heavy atom. The minimum atomic E-state index is -4.77. The molecular formula is C6H5N2O8S+. The van der Waals surface area contributed by atoms with E-state index < -0.39 is 42.0 Å². The van der Waals surface area contributed by atoms with Gasteiger partial charge in [0, 0.05) is 6.07 Å². The van der Waals surface area contributed by atoms with E-state index in [0.29, 0.717) is 12.1 Å². The number of nitrogens with zero attached hydrogens (tertiary/aromatic N) is 2. The third-order valence-electron chi connectivity index (χ3n) is 1.74. The summed E-state index contributed by atoms with van der Waals surface area (Å²) in [5.41, 5.74) is -2.31. The standard InChI is InChI=1S/C6H4N2O8S/c9-5-2-3(17(14,15)16)1-4(7(10)11)6(5)8(12)13/h1-2,9H,(H,14,15,16)/p+1. The van der Waals surface area contributed by atoms with Gasteiger partial charge in [0.15, 0.2) is 0 Å². The minimum Gasteiger partial charge on any atom is -0.588 e. The van der Waals surface area contributed by atoms with Gasteiger partial charge in [-0.1, -0.05) is 0 Å². The molecule has 1 aromatic carbocycles. The Hall–Kier alpha value is -2.27. The third kappa shape index (κ3) is 2.46. The summed E-state index contributed by atoms with van der Waals surface area (Å²) in [6.45, 7) is 0. The number of nitro groups is 2. The van der Waals surface area contributed by atoms with Crippen LogP contribution in [0.1, 0.15) is 0 Å². The summed E-state index contributed by atoms with van der Waals surface area (Å²) in [6.07, 6.45) is 0. The maximum Gasteiger partial charge on any atom is 0.439 e. The molecule has 1 aromatic rings. The van der Waals surface area contributed by atoms with E-state index in [2.05, 4.69) is 0 Å². The fourth-order valence-electron chi connectivity index (χ4n) is 1.07. The molecule has 3 N–H and O–H groups in total. The number of nitro benzene ring substituents is 2. The lowest BCUT2D eigenvalue weighted by Crippen LogP contribution is -2.02. The second-order valence-electron chi connectivity index (χ2n) is 2.83. The van der Waals surface area contributed by atoms with Crippen molar-refractivity contribution in [2.24, 2.45) is 0 Å². The summed E-state index contributed by atoms with van der Waals surface area (Å²) in [7, 11) is -4.77. The van der Waals surface area contributed by atoms with Crippen molar-refractivity contribution in [3.05, 3.63) is 32.4 Å². The monoisotopic (exact) mass is 265 g/mol. The molecule has 0 aliphatic rings. The van der Waals surface area contributed by atoms with Crippen LogP contribution in [-0.2, 0) is 10.1 Å². The van der Waals surface area contributed by atoms with Gasteiger partial charge in [0.1, 0.15) is 4.90 Å². The number of rotatable bonds is 3. The highest BCUT2D eigenvalue weighted by atomic mass is 32.2. The summed E-state index contributed by atoms with van der Waals surface area (Å²) >= 11 is 0. The molecule has 0 saturated carbocycles. The van der Waals surface area contributed by atoms with Crippen LogP contribution in [-0.4, -0.2) is 27.9 Å². The van der Waals surface area contributed by atoms with Crippen LogP contribution in [0.3, 0.4) is 0 Å². The molecule has 0 saturated heterocycles. The SMILES string of the molecule is O=[N+]([O-])c1cc(S(=O)(=O)O)cc([OH2+])c1[N+](=O)[O-]. The van der Waals surface area contributed by atoms with Crippen LogP contribution < -0.4 is 0 Å². The molecular weight excluding hydrogens is 260 g/mol. The van der Waals surface area contributed by atoms with Crippen LogP contribution in [0.25, 0.3) is 0 Å². The van der Waals surface area contributed by atoms with Crippen molar-refractivity contribution in [3.8, 4) is 5.75 Å². The maximum absolute atomic E-state index is 10.7. The maximum atomic E-state index is 10.7. The van der Waals surface area contributed by atoms with Gasteiger partial charge in [0.05, 0.1) is 15.9 Å². The van der Waals surface area contributed by atoms with Gasteiger partial charge in [-0.25, -0.2) is 0 Å². The highest BCUT2D eigenvalue weighted by Crippen LogP contribution is 2.37. The largest absolute Gasteiger partial charge is 0.588 e. The molecule has 1 rings (SSSR count). The molecule has 0 aliphatic heterocycles. The van der Waals surface area contributed by atoms with E-state index >= 15 is 0 Å². The van der Waals surface area contributed by atoms with Crippen LogP contribution in [0.2, 0.25) is 0 Å². The van der Waals surface area contributed by atoms with Gasteiger partial charge < -0.3 is 5.11 Å². The quantitative estimate of drug-likeness (QED) is 0.352. The lowest BCUT2D eigenvalue weighted by molar-refractivity contribution is -0.423. The fraction of sp³-hybridized carbons (Fsp3) is 0.